The first-order valence-corrected chi connectivity index (χ1v) is 7.10. The molecule has 7 heteroatoms. The van der Waals surface area contributed by atoms with Gasteiger partial charge in [-0.15, -0.1) is 0 Å². The summed E-state index contributed by atoms with van der Waals surface area (Å²) in [5, 5.41) is 5.46. The van der Waals surface area contributed by atoms with Gasteiger partial charge in [-0.05, 0) is 6.42 Å². The van der Waals surface area contributed by atoms with Crippen molar-refractivity contribution < 1.29 is 14.0 Å². The molecule has 21 heavy (non-hydrogen) atoms. The normalized spacial score (nSPS) is 23.1. The second-order valence-corrected chi connectivity index (χ2v) is 5.30. The Labute approximate surface area is 121 Å². The molecule has 6 nitrogen and oxygen atoms in total. The molecule has 0 spiro atoms. The van der Waals surface area contributed by atoms with Crippen molar-refractivity contribution in [2.45, 2.75) is 18.8 Å². The highest BCUT2D eigenvalue weighted by Crippen LogP contribution is 2.27. The standard InChI is InChI=1S/C14H17FN4O2/c15-11-7-9(19-5-3-16-4-6-19)8-17-13(11)10-1-2-12(20)18-14(10)21/h7-8,10,16H,1-6H2,(H,18,20,21). The number of carbonyl (C=O) groups excluding carboxylic acids is 2. The lowest BCUT2D eigenvalue weighted by Gasteiger charge is -2.29. The molecule has 3 rings (SSSR count). The summed E-state index contributed by atoms with van der Waals surface area (Å²) in [5.41, 5.74) is 0.851. The van der Waals surface area contributed by atoms with E-state index in [1.54, 1.807) is 6.20 Å². The van der Waals surface area contributed by atoms with Crippen LogP contribution in [0, 0.1) is 5.82 Å². The van der Waals surface area contributed by atoms with Crippen molar-refractivity contribution in [3.05, 3.63) is 23.8 Å². The maximum atomic E-state index is 14.3. The summed E-state index contributed by atoms with van der Waals surface area (Å²) in [6.07, 6.45) is 2.13. The van der Waals surface area contributed by atoms with Crippen LogP contribution in [-0.4, -0.2) is 43.0 Å². The summed E-state index contributed by atoms with van der Waals surface area (Å²) in [7, 11) is 0. The predicted molar refractivity (Wildman–Crippen MR) is 74.4 cm³/mol. The number of anilines is 1. The van der Waals surface area contributed by atoms with Crippen molar-refractivity contribution in [3.63, 3.8) is 0 Å². The number of nitrogens with one attached hydrogen (secondary N) is 2. The van der Waals surface area contributed by atoms with Gasteiger partial charge in [-0.2, -0.15) is 0 Å². The van der Waals surface area contributed by atoms with E-state index in [4.69, 9.17) is 0 Å². The Morgan fingerprint density at radius 2 is 2.05 bits per heavy atom. The Morgan fingerprint density at radius 1 is 1.29 bits per heavy atom. The van der Waals surface area contributed by atoms with Crippen LogP contribution in [0.15, 0.2) is 12.3 Å². The molecule has 1 unspecified atom stereocenters. The number of pyridine rings is 1. The van der Waals surface area contributed by atoms with Gasteiger partial charge in [0.15, 0.2) is 0 Å². The molecular formula is C14H17FN4O2. The third-order valence-corrected chi connectivity index (χ3v) is 3.91. The molecule has 2 aliphatic heterocycles. The van der Waals surface area contributed by atoms with Crippen molar-refractivity contribution >= 4 is 17.5 Å². The maximum Gasteiger partial charge on any atom is 0.235 e. The average molecular weight is 292 g/mol. The molecule has 0 bridgehead atoms. The number of rotatable bonds is 2. The quantitative estimate of drug-likeness (QED) is 0.759. The Hall–Kier alpha value is -2.02. The first kappa shape index (κ1) is 13.9. The van der Waals surface area contributed by atoms with Crippen LogP contribution in [0.2, 0.25) is 0 Å². The van der Waals surface area contributed by atoms with E-state index < -0.39 is 17.6 Å². The van der Waals surface area contributed by atoms with E-state index >= 15 is 0 Å². The van der Waals surface area contributed by atoms with Gasteiger partial charge in [-0.25, -0.2) is 4.39 Å². The SMILES string of the molecule is O=C1CCC(c2ncc(N3CCNCC3)cc2F)C(=O)N1. The number of piperidine rings is 1. The van der Waals surface area contributed by atoms with Gasteiger partial charge >= 0.3 is 0 Å². The van der Waals surface area contributed by atoms with Gasteiger partial charge in [0.05, 0.1) is 23.5 Å². The van der Waals surface area contributed by atoms with E-state index in [0.29, 0.717) is 6.42 Å². The lowest BCUT2D eigenvalue weighted by Crippen LogP contribution is -2.43. The van der Waals surface area contributed by atoms with Crippen LogP contribution in [0.5, 0.6) is 0 Å². The molecule has 2 fully saturated rings. The summed E-state index contributed by atoms with van der Waals surface area (Å²) in [6.45, 7) is 3.32. The van der Waals surface area contributed by atoms with E-state index in [2.05, 4.69) is 20.5 Å². The minimum absolute atomic E-state index is 0.124. The largest absolute Gasteiger partial charge is 0.368 e. The smallest absolute Gasteiger partial charge is 0.235 e. The molecule has 2 N–H and O–H groups in total. The first-order valence-electron chi connectivity index (χ1n) is 7.10. The first-order chi connectivity index (χ1) is 10.1. The highest BCUT2D eigenvalue weighted by atomic mass is 19.1. The highest BCUT2D eigenvalue weighted by molar-refractivity contribution is 6.00. The van der Waals surface area contributed by atoms with Crippen LogP contribution in [0.1, 0.15) is 24.5 Å². The Morgan fingerprint density at radius 3 is 2.71 bits per heavy atom. The topological polar surface area (TPSA) is 74.3 Å². The highest BCUT2D eigenvalue weighted by Gasteiger charge is 2.31. The number of nitrogens with zero attached hydrogens (tertiary/aromatic N) is 2. The van der Waals surface area contributed by atoms with Gasteiger partial charge in [0.2, 0.25) is 11.8 Å². The number of imide groups is 1. The number of hydrogen-bond acceptors (Lipinski definition) is 5. The third kappa shape index (κ3) is 2.87. The molecule has 0 aliphatic carbocycles. The van der Waals surface area contributed by atoms with Crippen LogP contribution in [0.25, 0.3) is 0 Å². The fourth-order valence-electron chi connectivity index (χ4n) is 2.75. The summed E-state index contributed by atoms with van der Waals surface area (Å²) >= 11 is 0. The maximum absolute atomic E-state index is 14.3. The minimum atomic E-state index is -0.681. The molecule has 0 aromatic carbocycles. The van der Waals surface area contributed by atoms with Gasteiger partial charge in [0, 0.05) is 38.7 Å². The number of piperazine rings is 1. The molecule has 1 atom stereocenters. The van der Waals surface area contributed by atoms with Crippen LogP contribution < -0.4 is 15.5 Å². The fourth-order valence-corrected chi connectivity index (χ4v) is 2.75. The zero-order valence-electron chi connectivity index (χ0n) is 11.6. The number of halogens is 1. The summed E-state index contributed by atoms with van der Waals surface area (Å²) < 4.78 is 14.3. The second-order valence-electron chi connectivity index (χ2n) is 5.30. The lowest BCUT2D eigenvalue weighted by molar-refractivity contribution is -0.134. The van der Waals surface area contributed by atoms with Crippen LogP contribution >= 0.6 is 0 Å². The van der Waals surface area contributed by atoms with Crippen LogP contribution in [-0.2, 0) is 9.59 Å². The molecule has 0 saturated carbocycles. The van der Waals surface area contributed by atoms with Crippen molar-refractivity contribution in [3.8, 4) is 0 Å². The van der Waals surface area contributed by atoms with Gasteiger partial charge in [0.1, 0.15) is 5.82 Å². The number of aromatic nitrogens is 1. The second kappa shape index (κ2) is 5.77. The Kier molecular flexibility index (Phi) is 3.83. The van der Waals surface area contributed by atoms with Gasteiger partial charge in [0.25, 0.3) is 0 Å². The van der Waals surface area contributed by atoms with Gasteiger partial charge in [-0.3, -0.25) is 19.9 Å². The van der Waals surface area contributed by atoms with Crippen molar-refractivity contribution in [2.24, 2.45) is 0 Å². The molecule has 3 heterocycles. The molecule has 1 aromatic rings. The van der Waals surface area contributed by atoms with Crippen molar-refractivity contribution in [1.29, 1.82) is 0 Å². The molecule has 2 aliphatic rings. The van der Waals surface area contributed by atoms with Crippen LogP contribution in [0.4, 0.5) is 10.1 Å². The van der Waals surface area contributed by atoms with Gasteiger partial charge < -0.3 is 10.2 Å². The van der Waals surface area contributed by atoms with Gasteiger partial charge in [-0.1, -0.05) is 0 Å². The fraction of sp³-hybridized carbons (Fsp3) is 0.500. The average Bonchev–Trinajstić information content (AvgIpc) is 2.49. The molecule has 1 aromatic heterocycles. The number of carbonyl (C=O) groups is 2. The number of amides is 2. The number of hydrogen-bond donors (Lipinski definition) is 2. The predicted octanol–water partition coefficient (Wildman–Crippen LogP) is 0.150. The van der Waals surface area contributed by atoms with Crippen LogP contribution in [0.3, 0.4) is 0 Å². The molecular weight excluding hydrogens is 275 g/mol. The molecule has 2 saturated heterocycles. The minimum Gasteiger partial charge on any atom is -0.368 e. The molecule has 0 radical (unpaired) electrons. The third-order valence-electron chi connectivity index (χ3n) is 3.91. The lowest BCUT2D eigenvalue weighted by atomic mass is 9.94. The van der Waals surface area contributed by atoms with Crippen molar-refractivity contribution in [1.82, 2.24) is 15.6 Å². The Balaban J connectivity index is 1.81. The van der Waals surface area contributed by atoms with E-state index in [-0.39, 0.29) is 18.0 Å². The summed E-state index contributed by atoms with van der Waals surface area (Å²) in [4.78, 5) is 29.1. The molecule has 2 amide bonds. The molecule has 112 valence electrons. The summed E-state index contributed by atoms with van der Waals surface area (Å²) in [6, 6.07) is 1.43. The van der Waals surface area contributed by atoms with Crippen molar-refractivity contribution in [2.75, 3.05) is 31.1 Å². The Bertz CT molecular complexity index is 572. The zero-order valence-corrected chi connectivity index (χ0v) is 11.6. The van der Waals surface area contributed by atoms with E-state index in [0.717, 1.165) is 31.9 Å². The van der Waals surface area contributed by atoms with E-state index in [1.807, 2.05) is 0 Å². The monoisotopic (exact) mass is 292 g/mol. The summed E-state index contributed by atoms with van der Waals surface area (Å²) in [5.74, 6) is -1.94. The van der Waals surface area contributed by atoms with E-state index in [9.17, 15) is 14.0 Å². The zero-order chi connectivity index (χ0) is 14.8. The van der Waals surface area contributed by atoms with E-state index in [1.165, 1.54) is 6.07 Å².